The van der Waals surface area contributed by atoms with E-state index in [-0.39, 0.29) is 41.5 Å². The number of alkyl halides is 2. The van der Waals surface area contributed by atoms with Gasteiger partial charge in [0.05, 0.1) is 29.0 Å². The number of carbonyl (C=O) groups is 2. The van der Waals surface area contributed by atoms with Crippen LogP contribution in [0.4, 0.5) is 30.4 Å². The van der Waals surface area contributed by atoms with Gasteiger partial charge in [-0.25, -0.2) is 23.1 Å². The molecule has 4 aromatic rings. The molecular formula is C29H25F3N6O2S. The molecule has 12 heteroatoms. The van der Waals surface area contributed by atoms with Crippen molar-refractivity contribution in [3.63, 3.8) is 0 Å². The number of aromatic nitrogens is 1. The smallest absolute Gasteiger partial charge is 0.266 e. The van der Waals surface area contributed by atoms with E-state index in [4.69, 9.17) is 11.1 Å². The molecule has 0 aliphatic carbocycles. The Morgan fingerprint density at radius 2 is 1.98 bits per heavy atom. The van der Waals surface area contributed by atoms with Gasteiger partial charge in [0.2, 0.25) is 0 Å². The minimum absolute atomic E-state index is 0.0722. The number of aliphatic imine (C=N–C) groups is 1. The van der Waals surface area contributed by atoms with Crippen molar-refractivity contribution in [2.24, 2.45) is 10.7 Å². The van der Waals surface area contributed by atoms with Crippen molar-refractivity contribution in [1.29, 1.82) is 5.41 Å². The number of hydrogen-bond acceptors (Lipinski definition) is 7. The molecule has 210 valence electrons. The van der Waals surface area contributed by atoms with Crippen LogP contribution in [-0.4, -0.2) is 47.2 Å². The number of rotatable bonds is 8. The zero-order chi connectivity index (χ0) is 29.3. The molecule has 1 aliphatic rings. The van der Waals surface area contributed by atoms with Crippen LogP contribution in [0.1, 0.15) is 33.6 Å². The second-order valence-corrected chi connectivity index (χ2v) is 10.8. The number of hydrogen-bond donors (Lipinski definition) is 3. The fourth-order valence-corrected chi connectivity index (χ4v) is 5.46. The van der Waals surface area contributed by atoms with Crippen LogP contribution in [0.2, 0.25) is 0 Å². The summed E-state index contributed by atoms with van der Waals surface area (Å²) in [6, 6.07) is 15.2. The van der Waals surface area contributed by atoms with Crippen LogP contribution in [0.5, 0.6) is 0 Å². The van der Waals surface area contributed by atoms with Crippen LogP contribution in [0.3, 0.4) is 0 Å². The molecule has 2 aromatic heterocycles. The van der Waals surface area contributed by atoms with E-state index in [1.165, 1.54) is 34.6 Å². The lowest BCUT2D eigenvalue weighted by atomic mass is 10.0. The predicted molar refractivity (Wildman–Crippen MR) is 155 cm³/mol. The molecule has 5 rings (SSSR count). The number of nitrogens with one attached hydrogen (secondary N) is 2. The van der Waals surface area contributed by atoms with E-state index < -0.39 is 36.5 Å². The second kappa shape index (κ2) is 11.1. The number of primary amides is 1. The van der Waals surface area contributed by atoms with Gasteiger partial charge in [-0.15, -0.1) is 11.3 Å². The molecule has 0 saturated carbocycles. The summed E-state index contributed by atoms with van der Waals surface area (Å²) in [5, 5.41) is 12.0. The minimum atomic E-state index is -2.76. The molecule has 1 aliphatic heterocycles. The summed E-state index contributed by atoms with van der Waals surface area (Å²) in [4.78, 5) is 35.2. The number of anilines is 2. The van der Waals surface area contributed by atoms with E-state index in [1.807, 2.05) is 24.3 Å². The highest BCUT2D eigenvalue weighted by atomic mass is 32.1. The maximum Gasteiger partial charge on any atom is 0.266 e. The standard InChI is InChI=1S/C29H25F3N6O2S/c1-16-6-8-19(25(30)26(16)37-28(40)23-12-17-4-2-3-5-22(17)41-23)20(33)13-21(27(34)39)36-24-9-7-18(14-35-24)38-11-10-29(31,32)15-38/h2-9,12,14,33H,10-11,13,15H2,1H3,(H2,34,39)(H,37,40). The van der Waals surface area contributed by atoms with Gasteiger partial charge in [0.25, 0.3) is 17.7 Å². The number of nitrogens with two attached hydrogens (primary N) is 1. The molecule has 0 atom stereocenters. The summed E-state index contributed by atoms with van der Waals surface area (Å²) in [7, 11) is 0. The van der Waals surface area contributed by atoms with Gasteiger partial charge in [-0.05, 0) is 48.2 Å². The van der Waals surface area contributed by atoms with Gasteiger partial charge in [0, 0.05) is 35.4 Å². The number of benzene rings is 2. The molecule has 8 nitrogen and oxygen atoms in total. The summed E-state index contributed by atoms with van der Waals surface area (Å²) < 4.78 is 43.6. The average molecular weight is 579 g/mol. The number of amides is 2. The zero-order valence-electron chi connectivity index (χ0n) is 21.9. The first-order valence-corrected chi connectivity index (χ1v) is 13.5. The molecule has 41 heavy (non-hydrogen) atoms. The Bertz CT molecular complexity index is 1670. The molecular weight excluding hydrogens is 553 g/mol. The Balaban J connectivity index is 1.33. The van der Waals surface area contributed by atoms with Crippen molar-refractivity contribution in [1.82, 2.24) is 4.98 Å². The molecule has 1 fully saturated rings. The van der Waals surface area contributed by atoms with Crippen molar-refractivity contribution in [2.45, 2.75) is 25.7 Å². The highest BCUT2D eigenvalue weighted by Crippen LogP contribution is 2.31. The minimum Gasteiger partial charge on any atom is -0.365 e. The fourth-order valence-electron chi connectivity index (χ4n) is 4.50. The Labute approximate surface area is 237 Å². The van der Waals surface area contributed by atoms with E-state index >= 15 is 4.39 Å². The lowest BCUT2D eigenvalue weighted by molar-refractivity contribution is -0.112. The number of fused-ring (bicyclic) bond motifs is 1. The predicted octanol–water partition coefficient (Wildman–Crippen LogP) is 5.86. The molecule has 1 saturated heterocycles. The van der Waals surface area contributed by atoms with E-state index in [9.17, 15) is 18.4 Å². The number of carbonyl (C=O) groups excluding carboxylic acids is 2. The van der Waals surface area contributed by atoms with Gasteiger partial charge in [0.15, 0.2) is 11.6 Å². The molecule has 2 aromatic carbocycles. The normalized spacial score (nSPS) is 14.8. The van der Waals surface area contributed by atoms with E-state index in [0.717, 1.165) is 10.1 Å². The lowest BCUT2D eigenvalue weighted by Gasteiger charge is -2.17. The summed E-state index contributed by atoms with van der Waals surface area (Å²) in [6.07, 6.45) is 0.725. The van der Waals surface area contributed by atoms with Crippen molar-refractivity contribution in [3.8, 4) is 0 Å². The van der Waals surface area contributed by atoms with Gasteiger partial charge in [-0.2, -0.15) is 0 Å². The second-order valence-electron chi connectivity index (χ2n) is 9.70. The van der Waals surface area contributed by atoms with Gasteiger partial charge in [-0.3, -0.25) is 9.59 Å². The zero-order valence-corrected chi connectivity index (χ0v) is 22.7. The van der Waals surface area contributed by atoms with Gasteiger partial charge in [0.1, 0.15) is 5.71 Å². The summed E-state index contributed by atoms with van der Waals surface area (Å²) in [6.45, 7) is 1.41. The van der Waals surface area contributed by atoms with Crippen LogP contribution in [0, 0.1) is 18.2 Å². The maximum atomic E-state index is 15.6. The van der Waals surface area contributed by atoms with Crippen molar-refractivity contribution >= 4 is 61.9 Å². The van der Waals surface area contributed by atoms with Gasteiger partial charge in [-0.1, -0.05) is 24.3 Å². The lowest BCUT2D eigenvalue weighted by Crippen LogP contribution is -2.26. The molecule has 4 N–H and O–H groups in total. The molecule has 0 unspecified atom stereocenters. The number of aryl methyl sites for hydroxylation is 1. The number of halogens is 3. The third-order valence-corrected chi connectivity index (χ3v) is 7.82. The number of nitrogens with zero attached hydrogens (tertiary/aromatic N) is 3. The fraction of sp³-hybridized carbons (Fsp3) is 0.207. The van der Waals surface area contributed by atoms with Crippen LogP contribution in [0.25, 0.3) is 10.1 Å². The molecule has 0 spiro atoms. The van der Waals surface area contributed by atoms with E-state index in [1.54, 1.807) is 25.1 Å². The Kier molecular flexibility index (Phi) is 7.59. The van der Waals surface area contributed by atoms with Crippen molar-refractivity contribution < 1.29 is 22.8 Å². The monoisotopic (exact) mass is 578 g/mol. The van der Waals surface area contributed by atoms with Gasteiger partial charge >= 0.3 is 0 Å². The Hall–Kier alpha value is -4.58. The summed E-state index contributed by atoms with van der Waals surface area (Å²) in [5.41, 5.74) is 5.71. The molecule has 3 heterocycles. The SMILES string of the molecule is Cc1ccc(C(=N)CC(=Nc2ccc(N3CCC(F)(F)C3)cn2)C(N)=O)c(F)c1NC(=O)c1cc2ccccc2s1. The first-order valence-electron chi connectivity index (χ1n) is 12.6. The van der Waals surface area contributed by atoms with Gasteiger partial charge < -0.3 is 21.4 Å². The molecule has 2 amide bonds. The molecule has 0 radical (unpaired) electrons. The highest BCUT2D eigenvalue weighted by molar-refractivity contribution is 7.20. The van der Waals surface area contributed by atoms with Crippen LogP contribution < -0.4 is 16.0 Å². The topological polar surface area (TPSA) is 125 Å². The van der Waals surface area contributed by atoms with Crippen molar-refractivity contribution in [3.05, 3.63) is 82.6 Å². The average Bonchev–Trinajstić information content (AvgIpc) is 3.54. The van der Waals surface area contributed by atoms with Crippen molar-refractivity contribution in [2.75, 3.05) is 23.3 Å². The Morgan fingerprint density at radius 1 is 1.20 bits per heavy atom. The summed E-state index contributed by atoms with van der Waals surface area (Å²) >= 11 is 1.28. The first-order chi connectivity index (χ1) is 19.5. The maximum absolute atomic E-state index is 15.6. The third-order valence-electron chi connectivity index (χ3n) is 6.71. The highest BCUT2D eigenvalue weighted by Gasteiger charge is 2.38. The molecule has 0 bridgehead atoms. The first kappa shape index (κ1) is 28.0. The van der Waals surface area contributed by atoms with E-state index in [2.05, 4.69) is 15.3 Å². The quantitative estimate of drug-likeness (QED) is 0.227. The van der Waals surface area contributed by atoms with Crippen LogP contribution >= 0.6 is 11.3 Å². The third kappa shape index (κ3) is 6.12. The number of thiophene rings is 1. The largest absolute Gasteiger partial charge is 0.365 e. The Morgan fingerprint density at radius 3 is 2.63 bits per heavy atom. The van der Waals surface area contributed by atoms with Crippen LogP contribution in [0.15, 0.2) is 65.8 Å². The number of pyridine rings is 1. The van der Waals surface area contributed by atoms with E-state index in [0.29, 0.717) is 16.1 Å². The summed E-state index contributed by atoms with van der Waals surface area (Å²) in [5.74, 6) is -4.91. The van der Waals surface area contributed by atoms with Crippen LogP contribution in [-0.2, 0) is 4.79 Å².